The molecule has 1 amide bonds. The van der Waals surface area contributed by atoms with Crippen LogP contribution in [0.25, 0.3) is 5.69 Å². The quantitative estimate of drug-likeness (QED) is 0.946. The molecule has 0 saturated carbocycles. The van der Waals surface area contributed by atoms with Gasteiger partial charge in [0.15, 0.2) is 0 Å². The fourth-order valence-electron chi connectivity index (χ4n) is 2.80. The first-order valence-electron chi connectivity index (χ1n) is 7.26. The standard InChI is InChI=1S/C17H18N2O3/c1-17(16(21)22)7-10-19(12-17)15(20)13-5-4-6-14(11-13)18-8-2-3-9-18/h2-6,8-9,11H,7,10,12H2,1H3,(H,21,22). The van der Waals surface area contributed by atoms with E-state index in [0.29, 0.717) is 18.5 Å². The van der Waals surface area contributed by atoms with Gasteiger partial charge in [-0.25, -0.2) is 0 Å². The van der Waals surface area contributed by atoms with E-state index >= 15 is 0 Å². The minimum atomic E-state index is -0.844. The average molecular weight is 298 g/mol. The number of likely N-dealkylation sites (tertiary alicyclic amines) is 1. The molecule has 1 atom stereocenters. The van der Waals surface area contributed by atoms with Gasteiger partial charge < -0.3 is 14.6 Å². The van der Waals surface area contributed by atoms with E-state index in [1.807, 2.05) is 47.3 Å². The minimum Gasteiger partial charge on any atom is -0.481 e. The van der Waals surface area contributed by atoms with Crippen molar-refractivity contribution in [1.29, 1.82) is 0 Å². The topological polar surface area (TPSA) is 62.5 Å². The number of hydrogen-bond acceptors (Lipinski definition) is 2. The van der Waals surface area contributed by atoms with Gasteiger partial charge in [0, 0.05) is 36.7 Å². The maximum absolute atomic E-state index is 12.6. The lowest BCUT2D eigenvalue weighted by molar-refractivity contribution is -0.147. The summed E-state index contributed by atoms with van der Waals surface area (Å²) in [6.07, 6.45) is 4.33. The summed E-state index contributed by atoms with van der Waals surface area (Å²) in [6, 6.07) is 11.2. The summed E-state index contributed by atoms with van der Waals surface area (Å²) < 4.78 is 1.93. The van der Waals surface area contributed by atoms with E-state index in [0.717, 1.165) is 5.69 Å². The third kappa shape index (κ3) is 2.50. The van der Waals surface area contributed by atoms with Gasteiger partial charge in [0.05, 0.1) is 5.41 Å². The molecule has 1 fully saturated rings. The zero-order valence-corrected chi connectivity index (χ0v) is 12.4. The molecule has 0 bridgehead atoms. The zero-order chi connectivity index (χ0) is 15.7. The highest BCUT2D eigenvalue weighted by Crippen LogP contribution is 2.31. The van der Waals surface area contributed by atoms with E-state index in [9.17, 15) is 14.7 Å². The lowest BCUT2D eigenvalue weighted by Crippen LogP contribution is -2.34. The number of carboxylic acids is 1. The van der Waals surface area contributed by atoms with Crippen molar-refractivity contribution in [3.63, 3.8) is 0 Å². The zero-order valence-electron chi connectivity index (χ0n) is 12.4. The molecule has 2 heterocycles. The van der Waals surface area contributed by atoms with Gasteiger partial charge in [-0.3, -0.25) is 9.59 Å². The van der Waals surface area contributed by atoms with Crippen LogP contribution in [0.2, 0.25) is 0 Å². The normalized spacial score (nSPS) is 21.0. The number of carbonyl (C=O) groups is 2. The van der Waals surface area contributed by atoms with Crippen LogP contribution in [-0.2, 0) is 4.79 Å². The number of carboxylic acid groups (broad SMARTS) is 1. The molecule has 2 aromatic rings. The van der Waals surface area contributed by atoms with Crippen molar-refractivity contribution in [3.05, 3.63) is 54.4 Å². The molecular weight excluding hydrogens is 280 g/mol. The summed E-state index contributed by atoms with van der Waals surface area (Å²) in [5.74, 6) is -0.956. The van der Waals surface area contributed by atoms with Crippen molar-refractivity contribution < 1.29 is 14.7 Å². The van der Waals surface area contributed by atoms with E-state index in [4.69, 9.17) is 0 Å². The first-order valence-corrected chi connectivity index (χ1v) is 7.26. The number of benzene rings is 1. The van der Waals surface area contributed by atoms with Crippen LogP contribution in [-0.4, -0.2) is 39.5 Å². The van der Waals surface area contributed by atoms with Crippen LogP contribution >= 0.6 is 0 Å². The predicted molar refractivity (Wildman–Crippen MR) is 82.0 cm³/mol. The summed E-state index contributed by atoms with van der Waals surface area (Å²) in [7, 11) is 0. The van der Waals surface area contributed by atoms with E-state index < -0.39 is 11.4 Å². The molecule has 1 aliphatic heterocycles. The van der Waals surface area contributed by atoms with Gasteiger partial charge in [0.25, 0.3) is 5.91 Å². The van der Waals surface area contributed by atoms with Crippen molar-refractivity contribution in [2.75, 3.05) is 13.1 Å². The molecule has 1 saturated heterocycles. The van der Waals surface area contributed by atoms with Crippen LogP contribution in [0, 0.1) is 5.41 Å². The highest BCUT2D eigenvalue weighted by molar-refractivity contribution is 5.95. The van der Waals surface area contributed by atoms with Crippen LogP contribution < -0.4 is 0 Å². The highest BCUT2D eigenvalue weighted by atomic mass is 16.4. The Labute approximate surface area is 128 Å². The van der Waals surface area contributed by atoms with Crippen molar-refractivity contribution >= 4 is 11.9 Å². The maximum atomic E-state index is 12.6. The monoisotopic (exact) mass is 298 g/mol. The lowest BCUT2D eigenvalue weighted by Gasteiger charge is -2.20. The van der Waals surface area contributed by atoms with Crippen LogP contribution in [0.3, 0.4) is 0 Å². The van der Waals surface area contributed by atoms with Gasteiger partial charge in [-0.05, 0) is 43.7 Å². The van der Waals surface area contributed by atoms with Gasteiger partial charge in [-0.2, -0.15) is 0 Å². The molecule has 1 aromatic heterocycles. The largest absolute Gasteiger partial charge is 0.481 e. The Morgan fingerprint density at radius 3 is 2.55 bits per heavy atom. The van der Waals surface area contributed by atoms with Crippen molar-refractivity contribution in [2.45, 2.75) is 13.3 Å². The Bertz CT molecular complexity index is 708. The summed E-state index contributed by atoms with van der Waals surface area (Å²) in [5.41, 5.74) is 0.658. The van der Waals surface area contributed by atoms with Gasteiger partial charge in [-0.1, -0.05) is 6.07 Å². The predicted octanol–water partition coefficient (Wildman–Crippen LogP) is 2.41. The molecule has 5 nitrogen and oxygen atoms in total. The number of carbonyl (C=O) groups excluding carboxylic acids is 1. The van der Waals surface area contributed by atoms with Gasteiger partial charge in [0.1, 0.15) is 0 Å². The third-order valence-corrected chi connectivity index (χ3v) is 4.27. The third-order valence-electron chi connectivity index (χ3n) is 4.27. The first-order chi connectivity index (χ1) is 10.5. The Hall–Kier alpha value is -2.56. The molecule has 3 rings (SSSR count). The Morgan fingerprint density at radius 1 is 1.18 bits per heavy atom. The molecular formula is C17H18N2O3. The van der Waals surface area contributed by atoms with E-state index in [2.05, 4.69) is 0 Å². The first kappa shape index (κ1) is 14.4. The molecule has 1 N–H and O–H groups in total. The Kier molecular flexibility index (Phi) is 3.48. The fraction of sp³-hybridized carbons (Fsp3) is 0.294. The van der Waals surface area contributed by atoms with E-state index in [-0.39, 0.29) is 12.5 Å². The second-order valence-electron chi connectivity index (χ2n) is 5.98. The summed E-state index contributed by atoms with van der Waals surface area (Å²) in [6.45, 7) is 2.43. The van der Waals surface area contributed by atoms with E-state index in [1.165, 1.54) is 0 Å². The van der Waals surface area contributed by atoms with Crippen LogP contribution in [0.5, 0.6) is 0 Å². The van der Waals surface area contributed by atoms with Crippen LogP contribution in [0.1, 0.15) is 23.7 Å². The second kappa shape index (κ2) is 5.33. The maximum Gasteiger partial charge on any atom is 0.311 e. The van der Waals surface area contributed by atoms with Gasteiger partial charge in [-0.15, -0.1) is 0 Å². The Morgan fingerprint density at radius 2 is 1.91 bits per heavy atom. The number of amides is 1. The Balaban J connectivity index is 1.82. The average Bonchev–Trinajstić information content (AvgIpc) is 3.17. The number of aliphatic carboxylic acids is 1. The van der Waals surface area contributed by atoms with Crippen LogP contribution in [0.4, 0.5) is 0 Å². The van der Waals surface area contributed by atoms with E-state index in [1.54, 1.807) is 17.9 Å². The molecule has 0 spiro atoms. The summed E-state index contributed by atoms with van der Waals surface area (Å²) >= 11 is 0. The van der Waals surface area contributed by atoms with Crippen LogP contribution in [0.15, 0.2) is 48.8 Å². The molecule has 114 valence electrons. The molecule has 22 heavy (non-hydrogen) atoms. The summed E-state index contributed by atoms with van der Waals surface area (Å²) in [4.78, 5) is 25.5. The number of rotatable bonds is 3. The molecule has 5 heteroatoms. The molecule has 1 unspecified atom stereocenters. The molecule has 1 aliphatic rings. The number of aromatic nitrogens is 1. The van der Waals surface area contributed by atoms with Gasteiger partial charge in [0.2, 0.25) is 0 Å². The smallest absolute Gasteiger partial charge is 0.311 e. The number of hydrogen-bond donors (Lipinski definition) is 1. The van der Waals surface area contributed by atoms with Crippen molar-refractivity contribution in [1.82, 2.24) is 9.47 Å². The summed E-state index contributed by atoms with van der Waals surface area (Å²) in [5, 5.41) is 9.27. The minimum absolute atomic E-state index is 0.112. The van der Waals surface area contributed by atoms with Crippen molar-refractivity contribution in [2.24, 2.45) is 5.41 Å². The molecule has 0 radical (unpaired) electrons. The molecule has 1 aromatic carbocycles. The SMILES string of the molecule is CC1(C(=O)O)CCN(C(=O)c2cccc(-n3cccc3)c2)C1. The highest BCUT2D eigenvalue weighted by Gasteiger charge is 2.42. The number of nitrogens with zero attached hydrogens (tertiary/aromatic N) is 2. The fourth-order valence-corrected chi connectivity index (χ4v) is 2.80. The second-order valence-corrected chi connectivity index (χ2v) is 5.98. The van der Waals surface area contributed by atoms with Gasteiger partial charge >= 0.3 is 5.97 Å². The lowest BCUT2D eigenvalue weighted by atomic mass is 9.90. The molecule has 0 aliphatic carbocycles. The van der Waals surface area contributed by atoms with Crippen molar-refractivity contribution in [3.8, 4) is 5.69 Å².